The maximum Gasteiger partial charge on any atom is 0.500 e. The molecule has 41 heavy (non-hydrogen) atoms. The van der Waals surface area contributed by atoms with E-state index in [2.05, 4.69) is 27.7 Å². The van der Waals surface area contributed by atoms with Crippen LogP contribution >= 0.6 is 0 Å². The van der Waals surface area contributed by atoms with Crippen molar-refractivity contribution >= 4 is 14.8 Å². The van der Waals surface area contributed by atoms with Gasteiger partial charge in [-0.3, -0.25) is 0 Å². The molecule has 0 saturated heterocycles. The number of unbranched alkanes of at least 4 members (excludes halogenated alkanes) is 4. The molecule has 0 radical (unpaired) electrons. The fourth-order valence-corrected chi connectivity index (χ4v) is 7.46. The molecule has 9 heteroatoms. The topological polar surface area (TPSA) is 86.3 Å². The Hall–Kier alpha value is -1.13. The van der Waals surface area contributed by atoms with Crippen LogP contribution in [0.15, 0.2) is 11.5 Å². The minimum Gasteiger partial charge on any atom is -0.613 e. The number of hydrogen-bond acceptors (Lipinski definition) is 7. The highest BCUT2D eigenvalue weighted by molar-refractivity contribution is 6.60. The van der Waals surface area contributed by atoms with Gasteiger partial charge in [0.2, 0.25) is 0 Å². The second kappa shape index (κ2) is 27.7. The van der Waals surface area contributed by atoms with Crippen molar-refractivity contribution in [1.82, 2.24) is 0 Å². The molecule has 0 aromatic carbocycles. The zero-order chi connectivity index (χ0) is 31.4. The standard InChI is InChI=1S/C16H36N.C16H32O7Si/c1-5-9-13-17(14-10-6-2,15-11-7-3)16-12-8-4;1-6-19-15(17)14(16(18)20-7-2)12-11-13-24(21-8-3,22-9-4)23-10-5/h5-16H2,1-4H3;17H,6-13H2,1-5H3/q+1;/p-1/b;15-14-. The number of quaternary nitrogens is 1. The number of nitrogens with zero attached hydrogens (tertiary/aromatic N) is 1. The van der Waals surface area contributed by atoms with E-state index < -0.39 is 20.7 Å². The predicted molar refractivity (Wildman–Crippen MR) is 169 cm³/mol. The van der Waals surface area contributed by atoms with Gasteiger partial charge in [-0.25, -0.2) is 4.79 Å². The molecule has 0 N–H and O–H groups in total. The highest BCUT2D eigenvalue weighted by Crippen LogP contribution is 2.22. The van der Waals surface area contributed by atoms with Crippen molar-refractivity contribution in [3.05, 3.63) is 11.5 Å². The highest BCUT2D eigenvalue weighted by atomic mass is 28.4. The molecule has 0 fully saturated rings. The van der Waals surface area contributed by atoms with Crippen LogP contribution in [-0.2, 0) is 27.5 Å². The zero-order valence-electron chi connectivity index (χ0n) is 28.4. The van der Waals surface area contributed by atoms with Gasteiger partial charge in [-0.1, -0.05) is 60.3 Å². The van der Waals surface area contributed by atoms with Crippen molar-refractivity contribution in [2.45, 2.75) is 133 Å². The van der Waals surface area contributed by atoms with E-state index in [-0.39, 0.29) is 25.2 Å². The SMILES string of the molecule is CCCC[N+](CCCC)(CCCC)CCCC.CCOC(=O)/C(CCC[Si](OCC)(OCC)OCC)=C(/[O-])OCC. The maximum absolute atomic E-state index is 11.9. The van der Waals surface area contributed by atoms with Gasteiger partial charge >= 0.3 is 14.8 Å². The van der Waals surface area contributed by atoms with E-state index in [1.807, 2.05) is 20.8 Å². The first-order valence-corrected chi connectivity index (χ1v) is 18.6. The summed E-state index contributed by atoms with van der Waals surface area (Å²) in [5, 5.41) is 11.9. The molecule has 0 aliphatic rings. The molecule has 0 aliphatic heterocycles. The van der Waals surface area contributed by atoms with Gasteiger partial charge in [0.05, 0.1) is 44.3 Å². The van der Waals surface area contributed by atoms with E-state index in [9.17, 15) is 9.90 Å². The number of esters is 1. The molecule has 0 saturated carbocycles. The summed E-state index contributed by atoms with van der Waals surface area (Å²) in [6.45, 7) is 25.9. The summed E-state index contributed by atoms with van der Waals surface area (Å²) in [4.78, 5) is 11.9. The van der Waals surface area contributed by atoms with Crippen molar-refractivity contribution in [3.8, 4) is 0 Å². The van der Waals surface area contributed by atoms with E-state index >= 15 is 0 Å². The minimum atomic E-state index is -2.79. The Morgan fingerprint density at radius 3 is 1.29 bits per heavy atom. The van der Waals surface area contributed by atoms with Crippen molar-refractivity contribution in [1.29, 1.82) is 0 Å². The molecule has 0 bridgehead atoms. The van der Waals surface area contributed by atoms with Crippen molar-refractivity contribution in [2.24, 2.45) is 0 Å². The van der Waals surface area contributed by atoms with Crippen LogP contribution in [0.4, 0.5) is 0 Å². The van der Waals surface area contributed by atoms with E-state index in [1.54, 1.807) is 13.8 Å². The van der Waals surface area contributed by atoms with Gasteiger partial charge < -0.3 is 32.3 Å². The van der Waals surface area contributed by atoms with Gasteiger partial charge in [0.1, 0.15) is 0 Å². The Kier molecular flexibility index (Phi) is 28.4. The third-order valence-electron chi connectivity index (χ3n) is 6.99. The third-order valence-corrected chi connectivity index (χ3v) is 10.1. The molecule has 0 heterocycles. The minimum absolute atomic E-state index is 0.0195. The molecule has 0 aromatic heterocycles. The van der Waals surface area contributed by atoms with Crippen molar-refractivity contribution < 1.29 is 37.1 Å². The second-order valence-corrected chi connectivity index (χ2v) is 13.1. The van der Waals surface area contributed by atoms with Crippen LogP contribution < -0.4 is 5.11 Å². The van der Waals surface area contributed by atoms with E-state index in [1.165, 1.54) is 82.0 Å². The maximum atomic E-state index is 11.9. The van der Waals surface area contributed by atoms with Gasteiger partial charge in [-0.2, -0.15) is 0 Å². The highest BCUT2D eigenvalue weighted by Gasteiger charge is 2.39. The van der Waals surface area contributed by atoms with Gasteiger partial charge in [0, 0.05) is 25.9 Å². The number of ether oxygens (including phenoxy) is 2. The fraction of sp³-hybridized carbons (Fsp3) is 0.906. The summed E-state index contributed by atoms with van der Waals surface area (Å²) < 4.78 is 28.6. The predicted octanol–water partition coefficient (Wildman–Crippen LogP) is 6.99. The molecular formula is C32H67NO7Si. The third kappa shape index (κ3) is 19.6. The Morgan fingerprint density at radius 1 is 0.585 bits per heavy atom. The zero-order valence-corrected chi connectivity index (χ0v) is 29.4. The lowest BCUT2D eigenvalue weighted by Crippen LogP contribution is -2.50. The molecule has 0 rings (SSSR count). The largest absolute Gasteiger partial charge is 0.613 e. The first-order chi connectivity index (χ1) is 19.7. The molecule has 8 nitrogen and oxygen atoms in total. The van der Waals surface area contributed by atoms with E-state index in [4.69, 9.17) is 22.8 Å². The Labute approximate surface area is 255 Å². The molecule has 0 unspecified atom stereocenters. The summed E-state index contributed by atoms with van der Waals surface area (Å²) in [7, 11) is -2.79. The lowest BCUT2D eigenvalue weighted by atomic mass is 10.1. The average Bonchev–Trinajstić information content (AvgIpc) is 2.95. The smallest absolute Gasteiger partial charge is 0.500 e. The summed E-state index contributed by atoms with van der Waals surface area (Å²) in [5.41, 5.74) is 0.0195. The monoisotopic (exact) mass is 605 g/mol. The normalized spacial score (nSPS) is 12.4. The van der Waals surface area contributed by atoms with E-state index in [0.717, 1.165) is 0 Å². The van der Waals surface area contributed by atoms with Crippen LogP contribution in [0.2, 0.25) is 6.04 Å². The van der Waals surface area contributed by atoms with Crippen LogP contribution in [0.1, 0.15) is 127 Å². The molecule has 0 aliphatic carbocycles. The van der Waals surface area contributed by atoms with Crippen LogP contribution in [0.25, 0.3) is 0 Å². The average molecular weight is 606 g/mol. The van der Waals surface area contributed by atoms with Gasteiger partial charge in [-0.15, -0.1) is 0 Å². The fourth-order valence-electron chi connectivity index (χ4n) is 4.85. The van der Waals surface area contributed by atoms with Crippen LogP contribution in [0.5, 0.6) is 0 Å². The molecule has 0 atom stereocenters. The van der Waals surface area contributed by atoms with Gasteiger partial charge in [-0.05, 0) is 72.8 Å². The summed E-state index contributed by atoms with van der Waals surface area (Å²) in [6, 6.07) is 0.519. The lowest BCUT2D eigenvalue weighted by Gasteiger charge is -2.39. The molecular weight excluding hydrogens is 538 g/mol. The molecule has 0 spiro atoms. The van der Waals surface area contributed by atoms with Gasteiger partial charge in [0.25, 0.3) is 0 Å². The quantitative estimate of drug-likeness (QED) is 0.0345. The number of carbonyl (C=O) groups excluding carboxylic acids is 1. The Morgan fingerprint density at radius 2 is 0.976 bits per heavy atom. The van der Waals surface area contributed by atoms with E-state index in [0.29, 0.717) is 32.3 Å². The Balaban J connectivity index is 0. The Bertz CT molecular complexity index is 591. The van der Waals surface area contributed by atoms with Crippen molar-refractivity contribution in [3.63, 3.8) is 0 Å². The number of hydrogen-bond donors (Lipinski definition) is 0. The number of rotatable bonds is 26. The lowest BCUT2D eigenvalue weighted by molar-refractivity contribution is -0.929. The summed E-state index contributed by atoms with van der Waals surface area (Å²) in [6.07, 6.45) is 11.8. The summed E-state index contributed by atoms with van der Waals surface area (Å²) >= 11 is 0. The van der Waals surface area contributed by atoms with Gasteiger partial charge in [0.15, 0.2) is 0 Å². The molecule has 0 amide bonds. The first-order valence-electron chi connectivity index (χ1n) is 16.7. The molecule has 0 aromatic rings. The second-order valence-electron chi connectivity index (χ2n) is 10.4. The number of carbonyl (C=O) groups is 1. The molecule has 246 valence electrons. The van der Waals surface area contributed by atoms with Crippen LogP contribution in [0, 0.1) is 0 Å². The van der Waals surface area contributed by atoms with Crippen LogP contribution in [0.3, 0.4) is 0 Å². The van der Waals surface area contributed by atoms with Crippen LogP contribution in [-0.4, -0.2) is 78.5 Å². The van der Waals surface area contributed by atoms with Crippen molar-refractivity contribution in [2.75, 3.05) is 59.2 Å². The summed E-state index contributed by atoms with van der Waals surface area (Å²) in [5.74, 6) is -1.26. The first kappa shape index (κ1) is 42.0.